The van der Waals surface area contributed by atoms with E-state index in [-0.39, 0.29) is 11.9 Å². The Labute approximate surface area is 83.5 Å². The highest BCUT2D eigenvalue weighted by Gasteiger charge is 2.52. The van der Waals surface area contributed by atoms with E-state index in [0.29, 0.717) is 19.8 Å². The third kappa shape index (κ3) is 1.53. The molecule has 0 unspecified atom stereocenters. The zero-order chi connectivity index (χ0) is 10.0. The first-order chi connectivity index (χ1) is 6.78. The standard InChI is InChI=1S/C10H16O4/c1-2-12-9(11)8-4-3-5-10(8)13-6-7-14-10/h8H,2-7H2,1H3/t8-/m0/s1. The van der Waals surface area contributed by atoms with Crippen molar-refractivity contribution in [2.24, 2.45) is 5.92 Å². The zero-order valence-corrected chi connectivity index (χ0v) is 8.45. The molecule has 4 nitrogen and oxygen atoms in total. The molecule has 0 aromatic carbocycles. The summed E-state index contributed by atoms with van der Waals surface area (Å²) in [5, 5.41) is 0. The molecule has 80 valence electrons. The quantitative estimate of drug-likeness (QED) is 0.626. The van der Waals surface area contributed by atoms with E-state index in [0.717, 1.165) is 19.3 Å². The fourth-order valence-corrected chi connectivity index (χ4v) is 2.30. The van der Waals surface area contributed by atoms with Crippen molar-refractivity contribution in [1.29, 1.82) is 0 Å². The maximum atomic E-state index is 11.6. The van der Waals surface area contributed by atoms with Crippen LogP contribution >= 0.6 is 0 Å². The molecule has 4 heteroatoms. The summed E-state index contributed by atoms with van der Waals surface area (Å²) in [6, 6.07) is 0. The third-order valence-corrected chi connectivity index (χ3v) is 2.90. The zero-order valence-electron chi connectivity index (χ0n) is 8.45. The van der Waals surface area contributed by atoms with E-state index in [1.807, 2.05) is 6.92 Å². The minimum absolute atomic E-state index is 0.174. The lowest BCUT2D eigenvalue weighted by Crippen LogP contribution is -2.39. The van der Waals surface area contributed by atoms with Crippen LogP contribution < -0.4 is 0 Å². The molecule has 0 aromatic heterocycles. The lowest BCUT2D eigenvalue weighted by molar-refractivity contribution is -0.198. The highest BCUT2D eigenvalue weighted by Crippen LogP contribution is 2.42. The van der Waals surface area contributed by atoms with Crippen molar-refractivity contribution < 1.29 is 19.0 Å². The summed E-state index contributed by atoms with van der Waals surface area (Å²) in [4.78, 5) is 11.6. The molecule has 1 spiro atoms. The SMILES string of the molecule is CCOC(=O)[C@@H]1CCCC12OCCO2. The smallest absolute Gasteiger partial charge is 0.314 e. The van der Waals surface area contributed by atoms with Crippen LogP contribution in [0.4, 0.5) is 0 Å². The lowest BCUT2D eigenvalue weighted by Gasteiger charge is -2.27. The molecule has 0 N–H and O–H groups in total. The van der Waals surface area contributed by atoms with Crippen molar-refractivity contribution in [3.8, 4) is 0 Å². The van der Waals surface area contributed by atoms with Crippen LogP contribution in [0.1, 0.15) is 26.2 Å². The first-order valence-electron chi connectivity index (χ1n) is 5.23. The Kier molecular flexibility index (Phi) is 2.74. The topological polar surface area (TPSA) is 44.8 Å². The minimum atomic E-state index is -0.647. The molecular weight excluding hydrogens is 184 g/mol. The van der Waals surface area contributed by atoms with Gasteiger partial charge in [-0.15, -0.1) is 0 Å². The van der Waals surface area contributed by atoms with Crippen LogP contribution in [-0.2, 0) is 19.0 Å². The van der Waals surface area contributed by atoms with Gasteiger partial charge in [-0.1, -0.05) is 0 Å². The maximum Gasteiger partial charge on any atom is 0.314 e. The first kappa shape index (κ1) is 9.93. The first-order valence-corrected chi connectivity index (χ1v) is 5.23. The van der Waals surface area contributed by atoms with E-state index in [1.54, 1.807) is 0 Å². The van der Waals surface area contributed by atoms with E-state index in [1.165, 1.54) is 0 Å². The molecule has 1 aliphatic carbocycles. The monoisotopic (exact) mass is 200 g/mol. The Morgan fingerprint density at radius 3 is 2.86 bits per heavy atom. The Hall–Kier alpha value is -0.610. The highest BCUT2D eigenvalue weighted by molar-refractivity contribution is 5.74. The summed E-state index contributed by atoms with van der Waals surface area (Å²) in [6.45, 7) is 3.42. The van der Waals surface area contributed by atoms with Gasteiger partial charge in [0.2, 0.25) is 0 Å². The predicted molar refractivity (Wildman–Crippen MR) is 48.6 cm³/mol. The number of carbonyl (C=O) groups is 1. The second-order valence-corrected chi connectivity index (χ2v) is 3.71. The Balaban J connectivity index is 2.06. The fraction of sp³-hybridized carbons (Fsp3) is 0.900. The van der Waals surface area contributed by atoms with Gasteiger partial charge in [-0.05, 0) is 19.8 Å². The number of esters is 1. The van der Waals surface area contributed by atoms with Crippen LogP contribution in [0.5, 0.6) is 0 Å². The molecule has 1 atom stereocenters. The molecule has 0 amide bonds. The average Bonchev–Trinajstić information content (AvgIpc) is 2.78. The predicted octanol–water partition coefficient (Wildman–Crippen LogP) is 1.09. The highest BCUT2D eigenvalue weighted by atomic mass is 16.7. The normalized spacial score (nSPS) is 29.6. The number of carbonyl (C=O) groups excluding carboxylic acids is 1. The maximum absolute atomic E-state index is 11.6. The van der Waals surface area contributed by atoms with Crippen LogP contribution in [-0.4, -0.2) is 31.6 Å². The van der Waals surface area contributed by atoms with Gasteiger partial charge in [0.05, 0.1) is 19.8 Å². The van der Waals surface area contributed by atoms with Gasteiger partial charge in [0.15, 0.2) is 5.79 Å². The largest absolute Gasteiger partial charge is 0.466 e. The summed E-state index contributed by atoms with van der Waals surface area (Å²) in [6.07, 6.45) is 2.61. The van der Waals surface area contributed by atoms with Gasteiger partial charge in [0.25, 0.3) is 0 Å². The molecule has 1 heterocycles. The van der Waals surface area contributed by atoms with Gasteiger partial charge >= 0.3 is 5.97 Å². The van der Waals surface area contributed by atoms with E-state index in [4.69, 9.17) is 14.2 Å². The molecule has 2 rings (SSSR count). The molecule has 1 saturated heterocycles. The summed E-state index contributed by atoms with van der Waals surface area (Å²) in [5.41, 5.74) is 0. The van der Waals surface area contributed by atoms with Gasteiger partial charge in [0.1, 0.15) is 5.92 Å². The van der Waals surface area contributed by atoms with Gasteiger partial charge < -0.3 is 14.2 Å². The molecule has 0 radical (unpaired) electrons. The van der Waals surface area contributed by atoms with Gasteiger partial charge in [-0.2, -0.15) is 0 Å². The Morgan fingerprint density at radius 2 is 2.21 bits per heavy atom. The van der Waals surface area contributed by atoms with Gasteiger partial charge in [-0.3, -0.25) is 4.79 Å². The average molecular weight is 200 g/mol. The molecule has 0 bridgehead atoms. The summed E-state index contributed by atoms with van der Waals surface area (Å²) < 4.78 is 16.1. The minimum Gasteiger partial charge on any atom is -0.466 e. The molecule has 14 heavy (non-hydrogen) atoms. The second kappa shape index (κ2) is 3.87. The van der Waals surface area contributed by atoms with Crippen molar-refractivity contribution >= 4 is 5.97 Å². The van der Waals surface area contributed by atoms with E-state index in [2.05, 4.69) is 0 Å². The molecule has 1 saturated carbocycles. The second-order valence-electron chi connectivity index (χ2n) is 3.71. The van der Waals surface area contributed by atoms with Crippen LogP contribution in [0.3, 0.4) is 0 Å². The number of hydrogen-bond donors (Lipinski definition) is 0. The molecule has 1 aliphatic heterocycles. The van der Waals surface area contributed by atoms with Gasteiger partial charge in [-0.25, -0.2) is 0 Å². The Morgan fingerprint density at radius 1 is 1.50 bits per heavy atom. The lowest BCUT2D eigenvalue weighted by atomic mass is 10.0. The van der Waals surface area contributed by atoms with E-state index in [9.17, 15) is 4.79 Å². The summed E-state index contributed by atoms with van der Waals surface area (Å²) in [7, 11) is 0. The molecule has 2 fully saturated rings. The third-order valence-electron chi connectivity index (χ3n) is 2.90. The molecule has 0 aromatic rings. The Bertz CT molecular complexity index is 215. The van der Waals surface area contributed by atoms with Crippen LogP contribution in [0.2, 0.25) is 0 Å². The van der Waals surface area contributed by atoms with Crippen LogP contribution in [0.15, 0.2) is 0 Å². The molecular formula is C10H16O4. The summed E-state index contributed by atoms with van der Waals surface area (Å²) >= 11 is 0. The van der Waals surface area contributed by atoms with E-state index < -0.39 is 5.79 Å². The number of rotatable bonds is 2. The molecule has 2 aliphatic rings. The van der Waals surface area contributed by atoms with Crippen molar-refractivity contribution in [2.75, 3.05) is 19.8 Å². The van der Waals surface area contributed by atoms with Gasteiger partial charge in [0, 0.05) is 6.42 Å². The van der Waals surface area contributed by atoms with Crippen molar-refractivity contribution in [3.05, 3.63) is 0 Å². The van der Waals surface area contributed by atoms with Crippen LogP contribution in [0.25, 0.3) is 0 Å². The fourth-order valence-electron chi connectivity index (χ4n) is 2.30. The van der Waals surface area contributed by atoms with Crippen LogP contribution in [0, 0.1) is 5.92 Å². The van der Waals surface area contributed by atoms with Crippen molar-refractivity contribution in [2.45, 2.75) is 32.0 Å². The van der Waals surface area contributed by atoms with E-state index >= 15 is 0 Å². The van der Waals surface area contributed by atoms with Crippen molar-refractivity contribution in [1.82, 2.24) is 0 Å². The number of ether oxygens (including phenoxy) is 3. The van der Waals surface area contributed by atoms with Crippen molar-refractivity contribution in [3.63, 3.8) is 0 Å². The number of hydrogen-bond acceptors (Lipinski definition) is 4. The summed E-state index contributed by atoms with van der Waals surface area (Å²) in [5.74, 6) is -1.04.